The third kappa shape index (κ3) is 2.72. The summed E-state index contributed by atoms with van der Waals surface area (Å²) in [5, 5.41) is 9.52. The van der Waals surface area contributed by atoms with Crippen molar-refractivity contribution in [3.05, 3.63) is 24.0 Å². The zero-order valence-electron chi connectivity index (χ0n) is 11.5. The Labute approximate surface area is 113 Å². The van der Waals surface area contributed by atoms with E-state index in [1.54, 1.807) is 7.11 Å². The van der Waals surface area contributed by atoms with Crippen molar-refractivity contribution >= 4 is 16.7 Å². The summed E-state index contributed by atoms with van der Waals surface area (Å²) in [5.41, 5.74) is 8.28. The Hall–Kier alpha value is -1.59. The molecule has 0 amide bonds. The molecule has 2 rings (SSSR count). The van der Waals surface area contributed by atoms with E-state index in [1.165, 1.54) is 0 Å². The Kier molecular flexibility index (Phi) is 4.39. The van der Waals surface area contributed by atoms with Gasteiger partial charge < -0.3 is 20.1 Å². The number of aliphatic hydroxyl groups excluding tert-OH is 1. The fourth-order valence-corrected chi connectivity index (χ4v) is 2.50. The molecule has 5 heteroatoms. The molecule has 1 aromatic carbocycles. The minimum absolute atomic E-state index is 0.0848. The second-order valence-electron chi connectivity index (χ2n) is 4.70. The predicted molar refractivity (Wildman–Crippen MR) is 75.9 cm³/mol. The largest absolute Gasteiger partial charge is 0.399 e. The molecular weight excluding hydrogens is 242 g/mol. The summed E-state index contributed by atoms with van der Waals surface area (Å²) >= 11 is 0. The Morgan fingerprint density at radius 1 is 1.47 bits per heavy atom. The van der Waals surface area contributed by atoms with Gasteiger partial charge in [0.05, 0.1) is 23.7 Å². The summed E-state index contributed by atoms with van der Waals surface area (Å²) in [6, 6.07) is 5.83. The van der Waals surface area contributed by atoms with Gasteiger partial charge in [-0.1, -0.05) is 13.3 Å². The minimum Gasteiger partial charge on any atom is -0.399 e. The first-order valence-corrected chi connectivity index (χ1v) is 6.57. The van der Waals surface area contributed by atoms with Crippen LogP contribution in [0.25, 0.3) is 11.0 Å². The van der Waals surface area contributed by atoms with Crippen LogP contribution in [0.4, 0.5) is 5.69 Å². The molecule has 0 fully saturated rings. The normalized spacial score (nSPS) is 13.0. The number of aromatic nitrogens is 2. The number of ether oxygens (including phenoxy) is 1. The van der Waals surface area contributed by atoms with Crippen LogP contribution in [0.15, 0.2) is 18.2 Å². The van der Waals surface area contributed by atoms with Gasteiger partial charge in [-0.05, 0) is 24.6 Å². The van der Waals surface area contributed by atoms with E-state index in [0.29, 0.717) is 18.1 Å². The lowest BCUT2D eigenvalue weighted by Gasteiger charge is -2.20. The van der Waals surface area contributed by atoms with E-state index in [1.807, 2.05) is 18.2 Å². The van der Waals surface area contributed by atoms with Gasteiger partial charge in [-0.15, -0.1) is 0 Å². The highest BCUT2D eigenvalue weighted by atomic mass is 16.5. The van der Waals surface area contributed by atoms with Crippen molar-refractivity contribution in [2.45, 2.75) is 32.4 Å². The molecule has 1 aromatic heterocycles. The second kappa shape index (κ2) is 6.04. The van der Waals surface area contributed by atoms with Crippen LogP contribution in [0, 0.1) is 0 Å². The molecule has 0 saturated heterocycles. The molecule has 104 valence electrons. The van der Waals surface area contributed by atoms with Gasteiger partial charge in [0.15, 0.2) is 0 Å². The zero-order chi connectivity index (χ0) is 13.8. The molecule has 1 heterocycles. The van der Waals surface area contributed by atoms with E-state index >= 15 is 0 Å². The first-order chi connectivity index (χ1) is 9.21. The number of nitrogen functional groups attached to an aromatic ring is 1. The standard InChI is InChI=1S/C14H21N3O2/c1-3-4-11(9-19-2)17-13-6-5-10(15)7-12(13)16-14(17)8-18/h5-7,11,18H,3-4,8-9,15H2,1-2H3. The number of nitrogens with zero attached hydrogens (tertiary/aromatic N) is 2. The molecule has 1 atom stereocenters. The first kappa shape index (κ1) is 13.8. The van der Waals surface area contributed by atoms with Gasteiger partial charge in [0.1, 0.15) is 12.4 Å². The third-order valence-corrected chi connectivity index (χ3v) is 3.27. The summed E-state index contributed by atoms with van der Waals surface area (Å²) in [5.74, 6) is 0.663. The van der Waals surface area contributed by atoms with Crippen molar-refractivity contribution in [2.75, 3.05) is 19.5 Å². The van der Waals surface area contributed by atoms with Crippen LogP contribution in [-0.2, 0) is 11.3 Å². The summed E-state index contributed by atoms with van der Waals surface area (Å²) in [4.78, 5) is 4.45. The quantitative estimate of drug-likeness (QED) is 0.783. The summed E-state index contributed by atoms with van der Waals surface area (Å²) in [7, 11) is 1.69. The highest BCUT2D eigenvalue weighted by Gasteiger charge is 2.18. The van der Waals surface area contributed by atoms with E-state index in [-0.39, 0.29) is 12.6 Å². The second-order valence-corrected chi connectivity index (χ2v) is 4.70. The van der Waals surface area contributed by atoms with E-state index in [9.17, 15) is 5.11 Å². The van der Waals surface area contributed by atoms with Gasteiger partial charge in [0, 0.05) is 12.8 Å². The molecule has 0 radical (unpaired) electrons. The summed E-state index contributed by atoms with van der Waals surface area (Å²) in [6.45, 7) is 2.66. The summed E-state index contributed by atoms with van der Waals surface area (Å²) < 4.78 is 7.37. The van der Waals surface area contributed by atoms with Crippen LogP contribution < -0.4 is 5.73 Å². The van der Waals surface area contributed by atoms with E-state index in [0.717, 1.165) is 23.9 Å². The maximum atomic E-state index is 9.52. The van der Waals surface area contributed by atoms with Crippen molar-refractivity contribution in [1.29, 1.82) is 0 Å². The SMILES string of the molecule is CCCC(COC)n1c(CO)nc2cc(N)ccc21. The molecule has 0 aliphatic rings. The molecule has 19 heavy (non-hydrogen) atoms. The lowest BCUT2D eigenvalue weighted by Crippen LogP contribution is -2.17. The molecular formula is C14H21N3O2. The van der Waals surface area contributed by atoms with Crippen LogP contribution in [0.2, 0.25) is 0 Å². The molecule has 0 aliphatic carbocycles. The number of methoxy groups -OCH3 is 1. The maximum Gasteiger partial charge on any atom is 0.136 e. The van der Waals surface area contributed by atoms with Crippen molar-refractivity contribution < 1.29 is 9.84 Å². The van der Waals surface area contributed by atoms with Crippen molar-refractivity contribution in [3.8, 4) is 0 Å². The Bertz CT molecular complexity index is 545. The molecule has 5 nitrogen and oxygen atoms in total. The number of rotatable bonds is 6. The number of benzene rings is 1. The molecule has 0 saturated carbocycles. The number of hydrogen-bond donors (Lipinski definition) is 2. The molecule has 1 unspecified atom stereocenters. The highest BCUT2D eigenvalue weighted by Crippen LogP contribution is 2.26. The fraction of sp³-hybridized carbons (Fsp3) is 0.500. The van der Waals surface area contributed by atoms with Gasteiger partial charge in [0.2, 0.25) is 0 Å². The highest BCUT2D eigenvalue weighted by molar-refractivity contribution is 5.79. The van der Waals surface area contributed by atoms with Crippen molar-refractivity contribution in [2.24, 2.45) is 0 Å². The average molecular weight is 263 g/mol. The number of fused-ring (bicyclic) bond motifs is 1. The molecule has 0 aliphatic heterocycles. The molecule has 0 spiro atoms. The van der Waals surface area contributed by atoms with Gasteiger partial charge in [-0.2, -0.15) is 0 Å². The Balaban J connectivity index is 2.54. The zero-order valence-corrected chi connectivity index (χ0v) is 11.5. The molecule has 3 N–H and O–H groups in total. The van der Waals surface area contributed by atoms with E-state index in [2.05, 4.69) is 16.5 Å². The van der Waals surface area contributed by atoms with Crippen LogP contribution in [0.1, 0.15) is 31.6 Å². The number of aliphatic hydroxyl groups is 1. The van der Waals surface area contributed by atoms with E-state index < -0.39 is 0 Å². The van der Waals surface area contributed by atoms with Crippen LogP contribution in [0.3, 0.4) is 0 Å². The van der Waals surface area contributed by atoms with Gasteiger partial charge in [-0.25, -0.2) is 4.98 Å². The van der Waals surface area contributed by atoms with Crippen molar-refractivity contribution in [1.82, 2.24) is 9.55 Å². The molecule has 0 bridgehead atoms. The van der Waals surface area contributed by atoms with E-state index in [4.69, 9.17) is 10.5 Å². The summed E-state index contributed by atoms with van der Waals surface area (Å²) in [6.07, 6.45) is 2.03. The number of hydrogen-bond acceptors (Lipinski definition) is 4. The monoisotopic (exact) mass is 263 g/mol. The Morgan fingerprint density at radius 2 is 2.26 bits per heavy atom. The minimum atomic E-state index is -0.0848. The van der Waals surface area contributed by atoms with Gasteiger partial charge >= 0.3 is 0 Å². The molecule has 2 aromatic rings. The first-order valence-electron chi connectivity index (χ1n) is 6.57. The fourth-order valence-electron chi connectivity index (χ4n) is 2.50. The van der Waals surface area contributed by atoms with Gasteiger partial charge in [-0.3, -0.25) is 0 Å². The van der Waals surface area contributed by atoms with Gasteiger partial charge in [0.25, 0.3) is 0 Å². The predicted octanol–water partition coefficient (Wildman–Crippen LogP) is 2.10. The number of anilines is 1. The Morgan fingerprint density at radius 3 is 2.89 bits per heavy atom. The number of nitrogens with two attached hydrogens (primary N) is 1. The van der Waals surface area contributed by atoms with Crippen molar-refractivity contribution in [3.63, 3.8) is 0 Å². The smallest absolute Gasteiger partial charge is 0.136 e. The van der Waals surface area contributed by atoms with Crippen LogP contribution in [0.5, 0.6) is 0 Å². The third-order valence-electron chi connectivity index (χ3n) is 3.27. The topological polar surface area (TPSA) is 73.3 Å². The lowest BCUT2D eigenvalue weighted by molar-refractivity contribution is 0.147. The van der Waals surface area contributed by atoms with Crippen LogP contribution >= 0.6 is 0 Å². The number of imidazole rings is 1. The van der Waals surface area contributed by atoms with Crippen LogP contribution in [-0.4, -0.2) is 28.4 Å². The average Bonchev–Trinajstić information content (AvgIpc) is 2.75. The maximum absolute atomic E-state index is 9.52. The lowest BCUT2D eigenvalue weighted by atomic mass is 10.1.